The number of rotatable bonds is 6. The molecule has 0 saturated heterocycles. The zero-order valence-electron chi connectivity index (χ0n) is 9.30. The fourth-order valence-electron chi connectivity index (χ4n) is 1.24. The molecule has 0 aliphatic heterocycles. The van der Waals surface area contributed by atoms with Crippen LogP contribution in [0.25, 0.3) is 0 Å². The molecule has 0 aromatic carbocycles. The van der Waals surface area contributed by atoms with Crippen LogP contribution in [0.1, 0.15) is 26.0 Å². The number of aromatic nitrogens is 1. The Hall–Kier alpha value is -0.650. The Labute approximate surface area is 93.9 Å². The molecule has 0 bridgehead atoms. The highest BCUT2D eigenvalue weighted by Gasteiger charge is 2.19. The van der Waals surface area contributed by atoms with Gasteiger partial charge in [-0.3, -0.25) is 4.79 Å². The van der Waals surface area contributed by atoms with Crippen molar-refractivity contribution in [3.05, 3.63) is 20.7 Å². The van der Waals surface area contributed by atoms with Crippen molar-refractivity contribution < 1.29 is 0 Å². The fourth-order valence-corrected chi connectivity index (χ4v) is 1.82. The van der Waals surface area contributed by atoms with Gasteiger partial charge in [0.1, 0.15) is 0 Å². The molecular weight excluding hydrogens is 210 g/mol. The van der Waals surface area contributed by atoms with E-state index in [-0.39, 0.29) is 10.3 Å². The molecular formula is C10H19N3OS. The SMILES string of the molecule is CCC(C)(CN)CNCc1csc(=O)[nH]1. The van der Waals surface area contributed by atoms with E-state index in [4.69, 9.17) is 5.73 Å². The van der Waals surface area contributed by atoms with Crippen molar-refractivity contribution in [2.24, 2.45) is 11.1 Å². The largest absolute Gasteiger partial charge is 0.330 e. The molecule has 0 radical (unpaired) electrons. The molecule has 1 atom stereocenters. The van der Waals surface area contributed by atoms with Crippen molar-refractivity contribution in [2.75, 3.05) is 13.1 Å². The summed E-state index contributed by atoms with van der Waals surface area (Å²) in [5.74, 6) is 0. The van der Waals surface area contributed by atoms with Gasteiger partial charge in [-0.1, -0.05) is 25.2 Å². The minimum atomic E-state index is 0.00359. The Balaban J connectivity index is 2.35. The molecule has 4 nitrogen and oxygen atoms in total. The maximum absolute atomic E-state index is 10.9. The molecule has 1 unspecified atom stereocenters. The molecule has 15 heavy (non-hydrogen) atoms. The molecule has 5 heteroatoms. The van der Waals surface area contributed by atoms with Crippen LogP contribution in [0.2, 0.25) is 0 Å². The number of thiazole rings is 1. The van der Waals surface area contributed by atoms with Crippen LogP contribution in [0.5, 0.6) is 0 Å². The molecule has 0 amide bonds. The molecule has 1 aromatic rings. The van der Waals surface area contributed by atoms with Crippen LogP contribution in [0, 0.1) is 5.41 Å². The van der Waals surface area contributed by atoms with Gasteiger partial charge in [-0.2, -0.15) is 0 Å². The van der Waals surface area contributed by atoms with E-state index in [1.807, 2.05) is 5.38 Å². The number of hydrogen-bond acceptors (Lipinski definition) is 4. The Morgan fingerprint density at radius 3 is 2.87 bits per heavy atom. The van der Waals surface area contributed by atoms with Crippen LogP contribution in [0.3, 0.4) is 0 Å². The van der Waals surface area contributed by atoms with Crippen molar-refractivity contribution >= 4 is 11.3 Å². The van der Waals surface area contributed by atoms with Gasteiger partial charge in [0.25, 0.3) is 0 Å². The van der Waals surface area contributed by atoms with E-state index >= 15 is 0 Å². The van der Waals surface area contributed by atoms with E-state index in [9.17, 15) is 4.79 Å². The molecule has 1 aromatic heterocycles. The first-order valence-corrected chi connectivity index (χ1v) is 6.05. The van der Waals surface area contributed by atoms with Crippen LogP contribution in [0.15, 0.2) is 10.2 Å². The van der Waals surface area contributed by atoms with Crippen LogP contribution < -0.4 is 15.9 Å². The van der Waals surface area contributed by atoms with Gasteiger partial charge >= 0.3 is 4.87 Å². The van der Waals surface area contributed by atoms with Crippen LogP contribution in [0.4, 0.5) is 0 Å². The van der Waals surface area contributed by atoms with E-state index in [0.717, 1.165) is 18.7 Å². The standard InChI is InChI=1S/C10H19N3OS/c1-3-10(2,6-11)7-12-4-8-5-15-9(14)13-8/h5,12H,3-4,6-7,11H2,1-2H3,(H,13,14). The van der Waals surface area contributed by atoms with E-state index in [0.29, 0.717) is 13.1 Å². The van der Waals surface area contributed by atoms with Crippen molar-refractivity contribution in [3.63, 3.8) is 0 Å². The minimum Gasteiger partial charge on any atom is -0.330 e. The van der Waals surface area contributed by atoms with Crippen molar-refractivity contribution in [1.82, 2.24) is 10.3 Å². The van der Waals surface area contributed by atoms with E-state index in [1.165, 1.54) is 11.3 Å². The minimum absolute atomic E-state index is 0.00359. The molecule has 0 saturated carbocycles. The lowest BCUT2D eigenvalue weighted by Gasteiger charge is -2.26. The number of aromatic amines is 1. The number of nitrogens with one attached hydrogen (secondary N) is 2. The predicted molar refractivity (Wildman–Crippen MR) is 64.1 cm³/mol. The molecule has 0 fully saturated rings. The third-order valence-corrected chi connectivity index (χ3v) is 3.50. The Bertz CT molecular complexity index is 340. The summed E-state index contributed by atoms with van der Waals surface area (Å²) in [4.78, 5) is 13.6. The van der Waals surface area contributed by atoms with Gasteiger partial charge in [-0.15, -0.1) is 0 Å². The van der Waals surface area contributed by atoms with Crippen molar-refractivity contribution in [2.45, 2.75) is 26.8 Å². The van der Waals surface area contributed by atoms with E-state index < -0.39 is 0 Å². The molecule has 0 aliphatic carbocycles. The van der Waals surface area contributed by atoms with Gasteiger partial charge in [0, 0.05) is 24.2 Å². The normalized spacial score (nSPS) is 15.1. The molecule has 86 valence electrons. The highest BCUT2D eigenvalue weighted by atomic mass is 32.1. The molecule has 4 N–H and O–H groups in total. The lowest BCUT2D eigenvalue weighted by atomic mass is 9.88. The van der Waals surface area contributed by atoms with Gasteiger partial charge in [-0.25, -0.2) is 0 Å². The third kappa shape index (κ3) is 3.77. The summed E-state index contributed by atoms with van der Waals surface area (Å²) in [5, 5.41) is 5.16. The first-order chi connectivity index (χ1) is 7.09. The number of hydrogen-bond donors (Lipinski definition) is 3. The average molecular weight is 229 g/mol. The van der Waals surface area contributed by atoms with Gasteiger partial charge in [0.05, 0.1) is 0 Å². The summed E-state index contributed by atoms with van der Waals surface area (Å²) in [6.45, 7) is 6.56. The summed E-state index contributed by atoms with van der Waals surface area (Å²) in [7, 11) is 0. The zero-order chi connectivity index (χ0) is 11.3. The quantitative estimate of drug-likeness (QED) is 0.679. The summed E-state index contributed by atoms with van der Waals surface area (Å²) < 4.78 is 0. The second-order valence-corrected chi connectivity index (χ2v) is 4.99. The molecule has 1 heterocycles. The Morgan fingerprint density at radius 1 is 1.67 bits per heavy atom. The van der Waals surface area contributed by atoms with Gasteiger partial charge < -0.3 is 16.0 Å². The summed E-state index contributed by atoms with van der Waals surface area (Å²) >= 11 is 1.20. The topological polar surface area (TPSA) is 70.9 Å². The maximum Gasteiger partial charge on any atom is 0.304 e. The molecule has 0 aliphatic rings. The Kier molecular flexibility index (Phi) is 4.50. The monoisotopic (exact) mass is 229 g/mol. The second-order valence-electron chi connectivity index (χ2n) is 4.15. The maximum atomic E-state index is 10.9. The van der Waals surface area contributed by atoms with Gasteiger partial charge in [0.15, 0.2) is 0 Å². The highest BCUT2D eigenvalue weighted by Crippen LogP contribution is 2.17. The summed E-state index contributed by atoms with van der Waals surface area (Å²) in [5.41, 5.74) is 6.80. The highest BCUT2D eigenvalue weighted by molar-refractivity contribution is 7.07. The first-order valence-electron chi connectivity index (χ1n) is 5.17. The van der Waals surface area contributed by atoms with Crippen molar-refractivity contribution in [1.29, 1.82) is 0 Å². The fraction of sp³-hybridized carbons (Fsp3) is 0.700. The van der Waals surface area contributed by atoms with E-state index in [2.05, 4.69) is 24.1 Å². The molecule has 0 spiro atoms. The average Bonchev–Trinajstić information content (AvgIpc) is 2.64. The summed E-state index contributed by atoms with van der Waals surface area (Å²) in [6.07, 6.45) is 1.05. The summed E-state index contributed by atoms with van der Waals surface area (Å²) in [6, 6.07) is 0. The van der Waals surface area contributed by atoms with Crippen LogP contribution in [-0.2, 0) is 6.54 Å². The first kappa shape index (κ1) is 12.4. The van der Waals surface area contributed by atoms with Gasteiger partial charge in [-0.05, 0) is 18.4 Å². The zero-order valence-corrected chi connectivity index (χ0v) is 10.1. The Morgan fingerprint density at radius 2 is 2.40 bits per heavy atom. The molecule has 1 rings (SSSR count). The number of nitrogens with two attached hydrogens (primary N) is 1. The van der Waals surface area contributed by atoms with Gasteiger partial charge in [0.2, 0.25) is 0 Å². The lowest BCUT2D eigenvalue weighted by molar-refractivity contribution is 0.302. The smallest absolute Gasteiger partial charge is 0.304 e. The second kappa shape index (κ2) is 5.44. The number of H-pyrrole nitrogens is 1. The van der Waals surface area contributed by atoms with Crippen LogP contribution >= 0.6 is 11.3 Å². The third-order valence-electron chi connectivity index (χ3n) is 2.78. The lowest BCUT2D eigenvalue weighted by Crippen LogP contribution is -2.37. The van der Waals surface area contributed by atoms with Crippen LogP contribution in [-0.4, -0.2) is 18.1 Å². The predicted octanol–water partition coefficient (Wildman–Crippen LogP) is 0.901. The van der Waals surface area contributed by atoms with Crippen molar-refractivity contribution in [3.8, 4) is 0 Å². The van der Waals surface area contributed by atoms with E-state index in [1.54, 1.807) is 0 Å².